The van der Waals surface area contributed by atoms with Crippen LogP contribution in [0, 0.1) is 0 Å². The Morgan fingerprint density at radius 2 is 2.13 bits per heavy atom. The molecule has 1 saturated heterocycles. The van der Waals surface area contributed by atoms with Crippen LogP contribution >= 0.6 is 0 Å². The van der Waals surface area contributed by atoms with Crippen LogP contribution in [0.4, 0.5) is 0 Å². The number of nitrogens with one attached hydrogen (secondary N) is 1. The normalized spacial score (nSPS) is 19.3. The molecule has 1 unspecified atom stereocenters. The second-order valence-corrected chi connectivity index (χ2v) is 7.76. The second kappa shape index (κ2) is 5.93. The van der Waals surface area contributed by atoms with E-state index >= 15 is 0 Å². The van der Waals surface area contributed by atoms with Gasteiger partial charge in [0.2, 0.25) is 15.9 Å². The molecule has 0 aliphatic carbocycles. The van der Waals surface area contributed by atoms with Crippen molar-refractivity contribution < 1.29 is 13.2 Å². The predicted molar refractivity (Wildman–Crippen MR) is 87.1 cm³/mol. The smallest absolute Gasteiger partial charge is 0.238 e. The minimum absolute atomic E-state index is 0.264. The third kappa shape index (κ3) is 3.09. The molecule has 124 valence electrons. The number of hydrogen-bond acceptors (Lipinski definition) is 4. The number of carbonyl (C=O) groups excluding carboxylic acids is 1. The lowest BCUT2D eigenvalue weighted by Crippen LogP contribution is -2.45. The minimum Gasteiger partial charge on any atom is -0.347 e. The van der Waals surface area contributed by atoms with Crippen molar-refractivity contribution in [3.8, 4) is 0 Å². The van der Waals surface area contributed by atoms with E-state index in [1.165, 1.54) is 4.31 Å². The van der Waals surface area contributed by atoms with Crippen molar-refractivity contribution in [2.24, 2.45) is 7.05 Å². The third-order valence-corrected chi connectivity index (χ3v) is 5.52. The van der Waals surface area contributed by atoms with Crippen LogP contribution in [0.5, 0.6) is 0 Å². The van der Waals surface area contributed by atoms with E-state index in [1.54, 1.807) is 0 Å². The molecular formula is C15H20N4O3S. The molecule has 2 aromatic rings. The molecular weight excluding hydrogens is 316 g/mol. The number of para-hydroxylation sites is 2. The number of aryl methyl sites for hydroxylation is 1. The molecule has 0 spiro atoms. The van der Waals surface area contributed by atoms with Crippen LogP contribution in [0.1, 0.15) is 18.7 Å². The zero-order chi connectivity index (χ0) is 16.6. The van der Waals surface area contributed by atoms with Crippen LogP contribution < -0.4 is 5.32 Å². The lowest BCUT2D eigenvalue weighted by Gasteiger charge is -2.21. The molecule has 1 aromatic heterocycles. The summed E-state index contributed by atoms with van der Waals surface area (Å²) in [5.41, 5.74) is 1.87. The van der Waals surface area contributed by atoms with E-state index in [-0.39, 0.29) is 12.5 Å². The molecule has 7 nitrogen and oxygen atoms in total. The Hall–Kier alpha value is -1.93. The van der Waals surface area contributed by atoms with Gasteiger partial charge in [0.25, 0.3) is 0 Å². The third-order valence-electron chi connectivity index (χ3n) is 4.23. The van der Waals surface area contributed by atoms with Gasteiger partial charge in [0.05, 0.1) is 23.8 Å². The summed E-state index contributed by atoms with van der Waals surface area (Å²) in [5, 5.41) is 2.82. The van der Waals surface area contributed by atoms with Gasteiger partial charge in [-0.05, 0) is 25.0 Å². The van der Waals surface area contributed by atoms with Crippen LogP contribution in [0.15, 0.2) is 24.3 Å². The maximum absolute atomic E-state index is 12.3. The molecule has 3 rings (SSSR count). The number of sulfonamides is 1. The molecule has 0 radical (unpaired) electrons. The zero-order valence-corrected chi connectivity index (χ0v) is 14.0. The van der Waals surface area contributed by atoms with Crippen LogP contribution in [-0.2, 0) is 28.4 Å². The molecule has 0 bridgehead atoms. The first-order valence-electron chi connectivity index (χ1n) is 7.53. The Bertz CT molecular complexity index is 844. The van der Waals surface area contributed by atoms with Gasteiger partial charge in [-0.3, -0.25) is 4.79 Å². The number of nitrogens with zero attached hydrogens (tertiary/aromatic N) is 3. The Morgan fingerprint density at radius 1 is 1.39 bits per heavy atom. The molecule has 2 heterocycles. The number of aromatic nitrogens is 2. The number of fused-ring (bicyclic) bond motifs is 1. The standard InChI is InChI=1S/C15H20N4O3S/c1-18-12-7-4-3-6-11(12)17-14(18)10-16-15(20)13-8-5-9-19(13)23(2,21)22/h3-4,6-7,13H,5,8-10H2,1-2H3,(H,16,20). The number of rotatable bonds is 4. The van der Waals surface area contributed by atoms with Crippen LogP contribution in [-0.4, -0.2) is 47.0 Å². The highest BCUT2D eigenvalue weighted by Crippen LogP contribution is 2.20. The van der Waals surface area contributed by atoms with Crippen molar-refractivity contribution in [3.05, 3.63) is 30.1 Å². The van der Waals surface area contributed by atoms with Crippen LogP contribution in [0.3, 0.4) is 0 Å². The van der Waals surface area contributed by atoms with Gasteiger partial charge >= 0.3 is 0 Å². The lowest BCUT2D eigenvalue weighted by molar-refractivity contribution is -0.124. The summed E-state index contributed by atoms with van der Waals surface area (Å²) in [4.78, 5) is 16.8. The van der Waals surface area contributed by atoms with E-state index < -0.39 is 16.1 Å². The molecule has 1 aromatic carbocycles. The van der Waals surface area contributed by atoms with Gasteiger partial charge in [0.15, 0.2) is 0 Å². The number of amides is 1. The van der Waals surface area contributed by atoms with Gasteiger partial charge in [0.1, 0.15) is 11.9 Å². The van der Waals surface area contributed by atoms with Crippen LogP contribution in [0.2, 0.25) is 0 Å². The summed E-state index contributed by atoms with van der Waals surface area (Å²) in [6, 6.07) is 7.13. The van der Waals surface area contributed by atoms with Gasteiger partial charge in [0, 0.05) is 13.6 Å². The van der Waals surface area contributed by atoms with Crippen molar-refractivity contribution in [2.75, 3.05) is 12.8 Å². The van der Waals surface area contributed by atoms with E-state index in [2.05, 4.69) is 10.3 Å². The first kappa shape index (κ1) is 15.9. The Kier molecular flexibility index (Phi) is 4.11. The van der Waals surface area contributed by atoms with Crippen molar-refractivity contribution >= 4 is 27.0 Å². The average Bonchev–Trinajstić information content (AvgIpc) is 3.10. The highest BCUT2D eigenvalue weighted by atomic mass is 32.2. The minimum atomic E-state index is -3.36. The summed E-state index contributed by atoms with van der Waals surface area (Å²) in [7, 11) is -1.46. The van der Waals surface area contributed by atoms with Gasteiger partial charge < -0.3 is 9.88 Å². The second-order valence-electron chi connectivity index (χ2n) is 5.83. The first-order valence-corrected chi connectivity index (χ1v) is 9.37. The summed E-state index contributed by atoms with van der Waals surface area (Å²) in [5.74, 6) is 0.475. The van der Waals surface area contributed by atoms with Gasteiger partial charge in [-0.15, -0.1) is 0 Å². The predicted octanol–water partition coefficient (Wildman–Crippen LogP) is 0.614. The zero-order valence-electron chi connectivity index (χ0n) is 13.2. The largest absolute Gasteiger partial charge is 0.347 e. The fraction of sp³-hybridized carbons (Fsp3) is 0.467. The van der Waals surface area contributed by atoms with E-state index in [0.29, 0.717) is 19.4 Å². The van der Waals surface area contributed by atoms with Crippen molar-refractivity contribution in [1.29, 1.82) is 0 Å². The van der Waals surface area contributed by atoms with Gasteiger partial charge in [-0.2, -0.15) is 4.31 Å². The topological polar surface area (TPSA) is 84.3 Å². The Labute approximate surface area is 135 Å². The quantitative estimate of drug-likeness (QED) is 0.887. The van der Waals surface area contributed by atoms with Crippen molar-refractivity contribution in [1.82, 2.24) is 19.2 Å². The van der Waals surface area contributed by atoms with Crippen molar-refractivity contribution in [2.45, 2.75) is 25.4 Å². The number of imidazole rings is 1. The summed E-state index contributed by atoms with van der Waals surface area (Å²) in [6.07, 6.45) is 2.41. The molecule has 1 fully saturated rings. The SMILES string of the molecule is Cn1c(CNC(=O)C2CCCN2S(C)(=O)=O)nc2ccccc21. The van der Waals surface area contributed by atoms with Gasteiger partial charge in [-0.1, -0.05) is 12.1 Å². The number of carbonyl (C=O) groups is 1. The van der Waals surface area contributed by atoms with E-state index in [1.807, 2.05) is 35.9 Å². The molecule has 8 heteroatoms. The molecule has 1 N–H and O–H groups in total. The maximum atomic E-state index is 12.3. The lowest BCUT2D eigenvalue weighted by atomic mass is 10.2. The van der Waals surface area contributed by atoms with Crippen LogP contribution in [0.25, 0.3) is 11.0 Å². The molecule has 1 atom stereocenters. The van der Waals surface area contributed by atoms with E-state index in [0.717, 1.165) is 23.1 Å². The van der Waals surface area contributed by atoms with Gasteiger partial charge in [-0.25, -0.2) is 13.4 Å². The molecule has 1 amide bonds. The fourth-order valence-electron chi connectivity index (χ4n) is 3.04. The fourth-order valence-corrected chi connectivity index (χ4v) is 4.16. The average molecular weight is 336 g/mol. The number of benzene rings is 1. The molecule has 0 saturated carbocycles. The Balaban J connectivity index is 1.72. The van der Waals surface area contributed by atoms with E-state index in [4.69, 9.17) is 0 Å². The van der Waals surface area contributed by atoms with E-state index in [9.17, 15) is 13.2 Å². The monoisotopic (exact) mass is 336 g/mol. The maximum Gasteiger partial charge on any atom is 0.238 e. The Morgan fingerprint density at radius 3 is 2.83 bits per heavy atom. The molecule has 1 aliphatic heterocycles. The summed E-state index contributed by atoms with van der Waals surface area (Å²) in [6.45, 7) is 0.682. The highest BCUT2D eigenvalue weighted by molar-refractivity contribution is 7.88. The molecule has 23 heavy (non-hydrogen) atoms. The highest BCUT2D eigenvalue weighted by Gasteiger charge is 2.36. The summed E-state index contributed by atoms with van der Waals surface area (Å²) >= 11 is 0. The summed E-state index contributed by atoms with van der Waals surface area (Å²) < 4.78 is 26.7. The van der Waals surface area contributed by atoms with Crippen molar-refractivity contribution in [3.63, 3.8) is 0 Å². The molecule has 1 aliphatic rings. The number of hydrogen-bond donors (Lipinski definition) is 1. The first-order chi connectivity index (χ1) is 10.9.